The van der Waals surface area contributed by atoms with Gasteiger partial charge in [0.2, 0.25) is 5.91 Å². The number of carbonyl (C=O) groups is 1. The third kappa shape index (κ3) is 3.72. The van der Waals surface area contributed by atoms with Gasteiger partial charge in [0.15, 0.2) is 0 Å². The van der Waals surface area contributed by atoms with Crippen molar-refractivity contribution in [1.29, 1.82) is 0 Å². The van der Waals surface area contributed by atoms with E-state index in [1.54, 1.807) is 10.9 Å². The van der Waals surface area contributed by atoms with Crippen LogP contribution in [-0.4, -0.2) is 38.7 Å². The molecule has 0 aliphatic carbocycles. The van der Waals surface area contributed by atoms with Crippen LogP contribution in [0.15, 0.2) is 36.8 Å². The van der Waals surface area contributed by atoms with Crippen molar-refractivity contribution >= 4 is 5.91 Å². The second-order valence-electron chi connectivity index (χ2n) is 6.06. The van der Waals surface area contributed by atoms with Crippen LogP contribution in [0, 0.1) is 12.8 Å². The van der Waals surface area contributed by atoms with Crippen LogP contribution in [0.3, 0.4) is 0 Å². The molecule has 0 aromatic carbocycles. The van der Waals surface area contributed by atoms with Crippen molar-refractivity contribution in [2.45, 2.75) is 32.7 Å². The Kier molecular flexibility index (Phi) is 4.51. The fourth-order valence-electron chi connectivity index (χ4n) is 3.04. The fraction of sp³-hybridized carbons (Fsp3) is 0.471. The summed E-state index contributed by atoms with van der Waals surface area (Å²) >= 11 is 0. The Bertz CT molecular complexity index is 606. The van der Waals surface area contributed by atoms with Crippen molar-refractivity contribution in [3.63, 3.8) is 0 Å². The summed E-state index contributed by atoms with van der Waals surface area (Å²) in [4.78, 5) is 18.7. The molecule has 0 spiro atoms. The molecule has 0 bridgehead atoms. The summed E-state index contributed by atoms with van der Waals surface area (Å²) in [5.74, 6) is 0.690. The van der Waals surface area contributed by atoms with Gasteiger partial charge in [0.25, 0.3) is 0 Å². The van der Waals surface area contributed by atoms with Crippen LogP contribution in [0.2, 0.25) is 0 Å². The molecule has 2 aromatic rings. The first kappa shape index (κ1) is 14.8. The molecule has 0 radical (unpaired) electrons. The first-order valence-electron chi connectivity index (χ1n) is 7.87. The second kappa shape index (κ2) is 6.73. The number of aryl methyl sites for hydroxylation is 1. The topological polar surface area (TPSA) is 51.0 Å². The van der Waals surface area contributed by atoms with Gasteiger partial charge in [0.1, 0.15) is 6.54 Å². The Hall–Kier alpha value is -2.17. The summed E-state index contributed by atoms with van der Waals surface area (Å²) in [5.41, 5.74) is 2.31. The average molecular weight is 298 g/mol. The molecule has 116 valence electrons. The Morgan fingerprint density at radius 1 is 1.41 bits per heavy atom. The summed E-state index contributed by atoms with van der Waals surface area (Å²) in [7, 11) is 0. The molecule has 0 N–H and O–H groups in total. The minimum atomic E-state index is 0.162. The van der Waals surface area contributed by atoms with Crippen molar-refractivity contribution in [3.05, 3.63) is 48.0 Å². The highest BCUT2D eigenvalue weighted by Gasteiger charge is 2.24. The van der Waals surface area contributed by atoms with Gasteiger partial charge in [-0.25, -0.2) is 0 Å². The number of likely N-dealkylation sites (tertiary alicyclic amines) is 1. The van der Waals surface area contributed by atoms with Crippen molar-refractivity contribution in [2.75, 3.05) is 13.1 Å². The van der Waals surface area contributed by atoms with Crippen LogP contribution in [0.5, 0.6) is 0 Å². The Morgan fingerprint density at radius 2 is 2.32 bits per heavy atom. The summed E-state index contributed by atoms with van der Waals surface area (Å²) in [6.07, 6.45) is 8.75. The SMILES string of the molecule is Cc1ccc(C[C@@H]2CCCN(C(=O)Cn3cccn3)C2)cn1. The van der Waals surface area contributed by atoms with Crippen LogP contribution in [-0.2, 0) is 17.8 Å². The molecule has 1 amide bonds. The van der Waals surface area contributed by atoms with Gasteiger partial charge >= 0.3 is 0 Å². The zero-order valence-corrected chi connectivity index (χ0v) is 13.0. The molecule has 1 fully saturated rings. The predicted octanol–water partition coefficient (Wildman–Crippen LogP) is 2.07. The van der Waals surface area contributed by atoms with Gasteiger partial charge in [0.05, 0.1) is 0 Å². The summed E-state index contributed by atoms with van der Waals surface area (Å²) < 4.78 is 1.69. The number of piperidine rings is 1. The molecule has 5 heteroatoms. The lowest BCUT2D eigenvalue weighted by Crippen LogP contribution is -2.42. The number of hydrogen-bond acceptors (Lipinski definition) is 3. The van der Waals surface area contributed by atoms with E-state index in [1.807, 2.05) is 30.3 Å². The normalized spacial score (nSPS) is 18.4. The van der Waals surface area contributed by atoms with E-state index in [1.165, 1.54) is 12.0 Å². The van der Waals surface area contributed by atoms with E-state index in [2.05, 4.69) is 22.2 Å². The highest BCUT2D eigenvalue weighted by molar-refractivity contribution is 5.76. The van der Waals surface area contributed by atoms with E-state index in [4.69, 9.17) is 0 Å². The number of hydrogen-bond donors (Lipinski definition) is 0. The largest absolute Gasteiger partial charge is 0.341 e. The van der Waals surface area contributed by atoms with Crippen molar-refractivity contribution in [2.24, 2.45) is 5.92 Å². The Labute approximate surface area is 131 Å². The minimum Gasteiger partial charge on any atom is -0.341 e. The molecule has 3 rings (SSSR count). The first-order valence-corrected chi connectivity index (χ1v) is 7.87. The fourth-order valence-corrected chi connectivity index (χ4v) is 3.04. The van der Waals surface area contributed by atoms with E-state index in [-0.39, 0.29) is 5.91 Å². The zero-order chi connectivity index (χ0) is 15.4. The molecule has 3 heterocycles. The summed E-state index contributed by atoms with van der Waals surface area (Å²) in [6.45, 7) is 4.04. The Morgan fingerprint density at radius 3 is 3.05 bits per heavy atom. The van der Waals surface area contributed by atoms with Crippen molar-refractivity contribution < 1.29 is 4.79 Å². The smallest absolute Gasteiger partial charge is 0.244 e. The van der Waals surface area contributed by atoms with Crippen molar-refractivity contribution in [1.82, 2.24) is 19.7 Å². The average Bonchev–Trinajstić information content (AvgIpc) is 3.03. The lowest BCUT2D eigenvalue weighted by Gasteiger charge is -2.33. The number of aromatic nitrogens is 3. The van der Waals surface area contributed by atoms with E-state index in [0.717, 1.165) is 31.6 Å². The maximum absolute atomic E-state index is 12.4. The van der Waals surface area contributed by atoms with Gasteiger partial charge in [0, 0.05) is 37.4 Å². The van der Waals surface area contributed by atoms with Crippen LogP contribution < -0.4 is 0 Å². The monoisotopic (exact) mass is 298 g/mol. The van der Waals surface area contributed by atoms with Gasteiger partial charge in [-0.1, -0.05) is 6.07 Å². The summed E-state index contributed by atoms with van der Waals surface area (Å²) in [6, 6.07) is 6.04. The predicted molar refractivity (Wildman–Crippen MR) is 84.2 cm³/mol. The third-order valence-electron chi connectivity index (χ3n) is 4.23. The molecule has 2 aromatic heterocycles. The van der Waals surface area contributed by atoms with Gasteiger partial charge in [-0.3, -0.25) is 14.5 Å². The quantitative estimate of drug-likeness (QED) is 0.868. The molecule has 1 saturated heterocycles. The van der Waals surface area contributed by atoms with Gasteiger partial charge in [-0.15, -0.1) is 0 Å². The number of carbonyl (C=O) groups excluding carboxylic acids is 1. The second-order valence-corrected chi connectivity index (χ2v) is 6.06. The number of amides is 1. The van der Waals surface area contributed by atoms with Gasteiger partial charge in [-0.2, -0.15) is 5.10 Å². The maximum Gasteiger partial charge on any atom is 0.244 e. The van der Waals surface area contributed by atoms with E-state index in [0.29, 0.717) is 12.5 Å². The molecule has 1 aliphatic rings. The Balaban J connectivity index is 1.56. The van der Waals surface area contributed by atoms with Gasteiger partial charge < -0.3 is 4.90 Å². The molecule has 0 saturated carbocycles. The van der Waals surface area contributed by atoms with E-state index < -0.39 is 0 Å². The molecule has 5 nitrogen and oxygen atoms in total. The number of nitrogens with zero attached hydrogens (tertiary/aromatic N) is 4. The van der Waals surface area contributed by atoms with Crippen LogP contribution >= 0.6 is 0 Å². The first-order chi connectivity index (χ1) is 10.7. The van der Waals surface area contributed by atoms with Gasteiger partial charge in [-0.05, 0) is 49.8 Å². The lowest BCUT2D eigenvalue weighted by atomic mass is 9.92. The third-order valence-corrected chi connectivity index (χ3v) is 4.23. The lowest BCUT2D eigenvalue weighted by molar-refractivity contribution is -0.133. The molecule has 1 atom stereocenters. The maximum atomic E-state index is 12.4. The number of rotatable bonds is 4. The molecule has 0 unspecified atom stereocenters. The molecular formula is C17H22N4O. The zero-order valence-electron chi connectivity index (χ0n) is 13.0. The minimum absolute atomic E-state index is 0.162. The molecular weight excluding hydrogens is 276 g/mol. The van der Waals surface area contributed by atoms with Crippen LogP contribution in [0.1, 0.15) is 24.1 Å². The summed E-state index contributed by atoms with van der Waals surface area (Å²) in [5, 5.41) is 4.11. The van der Waals surface area contributed by atoms with Crippen LogP contribution in [0.4, 0.5) is 0 Å². The number of pyridine rings is 1. The molecule has 22 heavy (non-hydrogen) atoms. The highest BCUT2D eigenvalue weighted by atomic mass is 16.2. The van der Waals surface area contributed by atoms with Crippen molar-refractivity contribution in [3.8, 4) is 0 Å². The highest BCUT2D eigenvalue weighted by Crippen LogP contribution is 2.21. The van der Waals surface area contributed by atoms with Crippen LogP contribution in [0.25, 0.3) is 0 Å². The van der Waals surface area contributed by atoms with E-state index >= 15 is 0 Å². The standard InChI is InChI=1S/C17H22N4O/c1-14-5-6-15(11-18-14)10-16-4-2-8-20(12-16)17(22)13-21-9-3-7-19-21/h3,5-7,9,11,16H,2,4,8,10,12-13H2,1H3/t16-/m0/s1. The molecule has 1 aliphatic heterocycles. The van der Waals surface area contributed by atoms with E-state index in [9.17, 15) is 4.79 Å².